The number of hydrogen-bond acceptors (Lipinski definition) is 4. The van der Waals surface area contributed by atoms with E-state index in [0.717, 1.165) is 36.1 Å². The van der Waals surface area contributed by atoms with Crippen molar-refractivity contribution >= 4 is 28.9 Å². The molecule has 0 spiro atoms. The molecule has 1 aromatic heterocycles. The largest absolute Gasteiger partial charge is 0.451 e. The summed E-state index contributed by atoms with van der Waals surface area (Å²) in [7, 11) is 0. The normalized spacial score (nSPS) is 16.0. The molecule has 1 amide bonds. The number of ether oxygens (including phenoxy) is 1. The van der Waals surface area contributed by atoms with Gasteiger partial charge in [0, 0.05) is 10.6 Å². The first-order valence-electron chi connectivity index (χ1n) is 10.5. The number of fused-ring (bicyclic) bond motifs is 1. The SMILES string of the molecule is CC(C)c1cccc(C(C)C)c1NC(=O)COC(=O)c1cc2c(s1)CC[C@H](C)C2. The Bertz CT molecular complexity index is 871. The number of anilines is 1. The fourth-order valence-corrected chi connectivity index (χ4v) is 4.98. The minimum atomic E-state index is -0.409. The summed E-state index contributed by atoms with van der Waals surface area (Å²) in [5.41, 5.74) is 4.29. The molecular weight excluding hydrogens is 382 g/mol. The van der Waals surface area contributed by atoms with Crippen LogP contribution in [0.3, 0.4) is 0 Å². The van der Waals surface area contributed by atoms with Gasteiger partial charge in [-0.3, -0.25) is 4.79 Å². The van der Waals surface area contributed by atoms with Crippen molar-refractivity contribution in [1.82, 2.24) is 0 Å². The molecule has 1 aliphatic carbocycles. The van der Waals surface area contributed by atoms with Gasteiger partial charge in [0.2, 0.25) is 0 Å². The molecule has 29 heavy (non-hydrogen) atoms. The Morgan fingerprint density at radius 3 is 2.45 bits per heavy atom. The van der Waals surface area contributed by atoms with Gasteiger partial charge in [-0.2, -0.15) is 0 Å². The van der Waals surface area contributed by atoms with E-state index in [2.05, 4.69) is 39.9 Å². The maximum absolute atomic E-state index is 12.6. The van der Waals surface area contributed by atoms with E-state index in [-0.39, 0.29) is 24.3 Å². The monoisotopic (exact) mass is 413 g/mol. The molecule has 0 saturated heterocycles. The molecule has 0 unspecified atom stereocenters. The highest BCUT2D eigenvalue weighted by atomic mass is 32.1. The van der Waals surface area contributed by atoms with E-state index in [1.165, 1.54) is 21.8 Å². The first-order chi connectivity index (χ1) is 13.8. The highest BCUT2D eigenvalue weighted by molar-refractivity contribution is 7.14. The van der Waals surface area contributed by atoms with E-state index in [1.54, 1.807) is 0 Å². The average molecular weight is 414 g/mol. The highest BCUT2D eigenvalue weighted by Crippen LogP contribution is 2.33. The van der Waals surface area contributed by atoms with Crippen LogP contribution >= 0.6 is 11.3 Å². The number of esters is 1. The molecule has 1 aromatic carbocycles. The number of aryl methyl sites for hydroxylation is 1. The number of benzene rings is 1. The minimum absolute atomic E-state index is 0.276. The zero-order chi connectivity index (χ0) is 21.1. The van der Waals surface area contributed by atoms with E-state index in [0.29, 0.717) is 10.8 Å². The molecule has 1 atom stereocenters. The summed E-state index contributed by atoms with van der Waals surface area (Å²) < 4.78 is 5.33. The first-order valence-corrected chi connectivity index (χ1v) is 11.3. The van der Waals surface area contributed by atoms with Crippen LogP contribution in [0.4, 0.5) is 5.69 Å². The third kappa shape index (κ3) is 5.08. The summed E-state index contributed by atoms with van der Waals surface area (Å²) in [4.78, 5) is 26.9. The van der Waals surface area contributed by atoms with Crippen molar-refractivity contribution in [3.8, 4) is 0 Å². The van der Waals surface area contributed by atoms with Crippen molar-refractivity contribution in [2.24, 2.45) is 5.92 Å². The molecule has 156 valence electrons. The van der Waals surface area contributed by atoms with Crippen molar-refractivity contribution < 1.29 is 14.3 Å². The standard InChI is InChI=1S/C24H31NO3S/c1-14(2)18-7-6-8-19(15(3)4)23(18)25-22(26)13-28-24(27)21-12-17-11-16(5)9-10-20(17)29-21/h6-8,12,14-16H,9-11,13H2,1-5H3,(H,25,26)/t16-/m0/s1. The number of amides is 1. The predicted molar refractivity (Wildman–Crippen MR) is 119 cm³/mol. The Morgan fingerprint density at radius 1 is 1.17 bits per heavy atom. The number of carbonyl (C=O) groups is 2. The topological polar surface area (TPSA) is 55.4 Å². The average Bonchev–Trinajstić information content (AvgIpc) is 3.09. The van der Waals surface area contributed by atoms with E-state index in [1.807, 2.05) is 24.3 Å². The smallest absolute Gasteiger partial charge is 0.348 e. The molecule has 1 N–H and O–H groups in total. The Kier molecular flexibility index (Phi) is 6.78. The van der Waals surface area contributed by atoms with Gasteiger partial charge in [-0.1, -0.05) is 52.8 Å². The quantitative estimate of drug-likeness (QED) is 0.599. The van der Waals surface area contributed by atoms with Gasteiger partial charge in [0.1, 0.15) is 4.88 Å². The summed E-state index contributed by atoms with van der Waals surface area (Å²) in [5.74, 6) is 0.511. The summed E-state index contributed by atoms with van der Waals surface area (Å²) in [6.07, 6.45) is 3.21. The maximum atomic E-state index is 12.6. The number of para-hydroxylation sites is 1. The van der Waals surface area contributed by atoms with E-state index < -0.39 is 5.97 Å². The first kappa shape index (κ1) is 21.6. The molecule has 0 fully saturated rings. The molecule has 1 heterocycles. The minimum Gasteiger partial charge on any atom is -0.451 e. The summed E-state index contributed by atoms with van der Waals surface area (Å²) in [6.45, 7) is 10.4. The Balaban J connectivity index is 1.66. The second-order valence-corrected chi connectivity index (χ2v) is 9.79. The van der Waals surface area contributed by atoms with Gasteiger partial charge in [0.15, 0.2) is 6.61 Å². The molecule has 3 rings (SSSR count). The molecule has 0 bridgehead atoms. The second-order valence-electron chi connectivity index (χ2n) is 8.65. The fraction of sp³-hybridized carbons (Fsp3) is 0.500. The van der Waals surface area contributed by atoms with Crippen molar-refractivity contribution in [2.75, 3.05) is 11.9 Å². The number of hydrogen-bond donors (Lipinski definition) is 1. The zero-order valence-corrected chi connectivity index (χ0v) is 18.8. The van der Waals surface area contributed by atoms with Crippen LogP contribution in [-0.2, 0) is 22.4 Å². The van der Waals surface area contributed by atoms with Crippen molar-refractivity contribution in [3.63, 3.8) is 0 Å². The highest BCUT2D eigenvalue weighted by Gasteiger charge is 2.22. The number of rotatable bonds is 6. The van der Waals surface area contributed by atoms with Crippen molar-refractivity contribution in [3.05, 3.63) is 50.7 Å². The fourth-order valence-electron chi connectivity index (χ4n) is 3.88. The second kappa shape index (κ2) is 9.12. The molecule has 1 aliphatic rings. The van der Waals surface area contributed by atoms with Crippen LogP contribution in [-0.4, -0.2) is 18.5 Å². The lowest BCUT2D eigenvalue weighted by Gasteiger charge is -2.20. The van der Waals surface area contributed by atoms with Crippen LogP contribution in [0.5, 0.6) is 0 Å². The van der Waals surface area contributed by atoms with Gasteiger partial charge in [-0.05, 0) is 59.8 Å². The van der Waals surface area contributed by atoms with E-state index in [9.17, 15) is 9.59 Å². The maximum Gasteiger partial charge on any atom is 0.348 e. The lowest BCUT2D eigenvalue weighted by atomic mass is 9.90. The molecule has 0 radical (unpaired) electrons. The molecule has 2 aromatic rings. The predicted octanol–water partition coefficient (Wildman–Crippen LogP) is 5.92. The molecule has 4 nitrogen and oxygen atoms in total. The molecule has 0 saturated carbocycles. The third-order valence-electron chi connectivity index (χ3n) is 5.50. The van der Waals surface area contributed by atoms with Crippen molar-refractivity contribution in [1.29, 1.82) is 0 Å². The Hall–Kier alpha value is -2.14. The molecular formula is C24H31NO3S. The van der Waals surface area contributed by atoms with Crippen LogP contribution in [0.1, 0.15) is 84.1 Å². The van der Waals surface area contributed by atoms with Gasteiger partial charge in [0.25, 0.3) is 5.91 Å². The third-order valence-corrected chi connectivity index (χ3v) is 6.72. The number of carbonyl (C=O) groups excluding carboxylic acids is 2. The summed E-state index contributed by atoms with van der Waals surface area (Å²) >= 11 is 1.51. The lowest BCUT2D eigenvalue weighted by Crippen LogP contribution is -2.22. The van der Waals surface area contributed by atoms with Crippen LogP contribution < -0.4 is 5.32 Å². The lowest BCUT2D eigenvalue weighted by molar-refractivity contribution is -0.119. The van der Waals surface area contributed by atoms with Gasteiger partial charge < -0.3 is 10.1 Å². The van der Waals surface area contributed by atoms with Gasteiger partial charge in [-0.25, -0.2) is 4.79 Å². The Morgan fingerprint density at radius 2 is 1.83 bits per heavy atom. The summed E-state index contributed by atoms with van der Waals surface area (Å²) in [6, 6.07) is 8.05. The van der Waals surface area contributed by atoms with Crippen LogP contribution in [0, 0.1) is 5.92 Å². The van der Waals surface area contributed by atoms with Gasteiger partial charge in [0.05, 0.1) is 0 Å². The van der Waals surface area contributed by atoms with E-state index >= 15 is 0 Å². The summed E-state index contributed by atoms with van der Waals surface area (Å²) in [5, 5.41) is 2.99. The zero-order valence-electron chi connectivity index (χ0n) is 18.0. The van der Waals surface area contributed by atoms with E-state index in [4.69, 9.17) is 4.74 Å². The molecule has 5 heteroatoms. The molecule has 0 aliphatic heterocycles. The van der Waals surface area contributed by atoms with Crippen molar-refractivity contribution in [2.45, 2.75) is 65.7 Å². The van der Waals surface area contributed by atoms with Crippen LogP contribution in [0.25, 0.3) is 0 Å². The number of nitrogens with one attached hydrogen (secondary N) is 1. The Labute approximate surface area is 177 Å². The van der Waals surface area contributed by atoms with Crippen LogP contribution in [0.15, 0.2) is 24.3 Å². The number of thiophene rings is 1. The van der Waals surface area contributed by atoms with Gasteiger partial charge in [-0.15, -0.1) is 11.3 Å². The van der Waals surface area contributed by atoms with Gasteiger partial charge >= 0.3 is 5.97 Å². The van der Waals surface area contributed by atoms with Crippen LogP contribution in [0.2, 0.25) is 0 Å².